The molecule has 1 heterocycles. The summed E-state index contributed by atoms with van der Waals surface area (Å²) in [5.74, 6) is -0.352. The molecule has 18 heavy (non-hydrogen) atoms. The molecule has 5 heteroatoms. The van der Waals surface area contributed by atoms with E-state index in [0.717, 1.165) is 12.1 Å². The van der Waals surface area contributed by atoms with E-state index in [1.54, 1.807) is 12.1 Å². The van der Waals surface area contributed by atoms with Gasteiger partial charge in [-0.1, -0.05) is 25.1 Å². The van der Waals surface area contributed by atoms with Gasteiger partial charge in [0.1, 0.15) is 5.52 Å². The molecular formula is C13H15N3O2. The van der Waals surface area contributed by atoms with Crippen LogP contribution in [0.5, 0.6) is 0 Å². The molecule has 0 saturated heterocycles. The van der Waals surface area contributed by atoms with Gasteiger partial charge in [-0.2, -0.15) is 0 Å². The van der Waals surface area contributed by atoms with Crippen LogP contribution in [0.3, 0.4) is 0 Å². The average molecular weight is 245 g/mol. The summed E-state index contributed by atoms with van der Waals surface area (Å²) >= 11 is 0. The zero-order valence-corrected chi connectivity index (χ0v) is 10.4. The lowest BCUT2D eigenvalue weighted by Crippen LogP contribution is -2.05. The smallest absolute Gasteiger partial charge is 0.338 e. The molecule has 94 valence electrons. The summed E-state index contributed by atoms with van der Waals surface area (Å²) in [7, 11) is 0. The van der Waals surface area contributed by atoms with Gasteiger partial charge in [0.05, 0.1) is 11.1 Å². The van der Waals surface area contributed by atoms with Crippen molar-refractivity contribution in [3.63, 3.8) is 0 Å². The van der Waals surface area contributed by atoms with E-state index in [1.165, 1.54) is 6.42 Å². The van der Waals surface area contributed by atoms with Crippen molar-refractivity contribution >= 4 is 17.0 Å². The zero-order valence-electron chi connectivity index (χ0n) is 10.4. The van der Waals surface area contributed by atoms with Crippen molar-refractivity contribution in [2.45, 2.75) is 26.8 Å². The topological polar surface area (TPSA) is 68.0 Å². The Morgan fingerprint density at radius 3 is 2.89 bits per heavy atom. The fourth-order valence-electron chi connectivity index (χ4n) is 2.40. The number of nitrogens with zero attached hydrogens (tertiary/aromatic N) is 3. The number of carbonyl (C=O) groups is 1. The molecule has 3 rings (SSSR count). The van der Waals surface area contributed by atoms with Crippen LogP contribution in [-0.2, 0) is 6.54 Å². The molecule has 0 radical (unpaired) electrons. The standard InChI is InChI=1S/C13H15N3O2/c1-13(2)6-8(13)7-16-10-5-3-4-9(12(17)18)11(10)14-15-16/h3-5,8H,6-7H2,1-2H3,(H,17,18). The molecule has 0 spiro atoms. The molecular weight excluding hydrogens is 230 g/mol. The van der Waals surface area contributed by atoms with E-state index < -0.39 is 5.97 Å². The van der Waals surface area contributed by atoms with Crippen molar-refractivity contribution in [2.75, 3.05) is 0 Å². The van der Waals surface area contributed by atoms with Gasteiger partial charge in [-0.15, -0.1) is 5.10 Å². The summed E-state index contributed by atoms with van der Waals surface area (Å²) in [4.78, 5) is 11.1. The second-order valence-corrected chi connectivity index (χ2v) is 5.64. The van der Waals surface area contributed by atoms with E-state index in [-0.39, 0.29) is 5.56 Å². The van der Waals surface area contributed by atoms with Gasteiger partial charge in [0, 0.05) is 6.54 Å². The van der Waals surface area contributed by atoms with Crippen molar-refractivity contribution in [3.8, 4) is 0 Å². The van der Waals surface area contributed by atoms with Crippen molar-refractivity contribution in [1.29, 1.82) is 0 Å². The maximum Gasteiger partial charge on any atom is 0.338 e. The third-order valence-corrected chi connectivity index (χ3v) is 3.89. The average Bonchev–Trinajstić information content (AvgIpc) is 2.72. The second-order valence-electron chi connectivity index (χ2n) is 5.64. The molecule has 1 fully saturated rings. The molecule has 2 aromatic rings. The zero-order chi connectivity index (χ0) is 12.9. The summed E-state index contributed by atoms with van der Waals surface area (Å²) < 4.78 is 1.82. The normalized spacial score (nSPS) is 21.1. The van der Waals surface area contributed by atoms with E-state index >= 15 is 0 Å². The molecule has 1 aromatic carbocycles. The van der Waals surface area contributed by atoms with Gasteiger partial charge >= 0.3 is 5.97 Å². The first-order valence-corrected chi connectivity index (χ1v) is 6.04. The first-order valence-electron chi connectivity index (χ1n) is 6.04. The van der Waals surface area contributed by atoms with Crippen LogP contribution in [0, 0.1) is 11.3 Å². The molecule has 0 amide bonds. The fraction of sp³-hybridized carbons (Fsp3) is 0.462. The molecule has 5 nitrogen and oxygen atoms in total. The molecule has 1 atom stereocenters. The van der Waals surface area contributed by atoms with Gasteiger partial charge in [-0.05, 0) is 29.9 Å². The Morgan fingerprint density at radius 2 is 2.28 bits per heavy atom. The Balaban J connectivity index is 2.00. The van der Waals surface area contributed by atoms with E-state index in [2.05, 4.69) is 24.2 Å². The van der Waals surface area contributed by atoms with Crippen molar-refractivity contribution in [2.24, 2.45) is 11.3 Å². The summed E-state index contributed by atoms with van der Waals surface area (Å²) in [6, 6.07) is 5.17. The predicted molar refractivity (Wildman–Crippen MR) is 66.4 cm³/mol. The predicted octanol–water partition coefficient (Wildman–Crippen LogP) is 2.18. The molecule has 1 unspecified atom stereocenters. The highest BCUT2D eigenvalue weighted by molar-refractivity contribution is 6.00. The number of aromatic nitrogens is 3. The SMILES string of the molecule is CC1(C)CC1Cn1nnc2c(C(=O)O)cccc21. The highest BCUT2D eigenvalue weighted by Gasteiger charge is 2.45. The van der Waals surface area contributed by atoms with Gasteiger partial charge in [0.25, 0.3) is 0 Å². The lowest BCUT2D eigenvalue weighted by Gasteiger charge is -2.04. The number of fused-ring (bicyclic) bond motifs is 1. The Kier molecular flexibility index (Phi) is 2.20. The third kappa shape index (κ3) is 1.66. The van der Waals surface area contributed by atoms with E-state index in [4.69, 9.17) is 5.11 Å². The van der Waals surface area contributed by atoms with Crippen LogP contribution in [0.1, 0.15) is 30.6 Å². The molecule has 1 aliphatic rings. The Morgan fingerprint density at radius 1 is 1.56 bits per heavy atom. The maximum atomic E-state index is 11.1. The van der Waals surface area contributed by atoms with E-state index in [0.29, 0.717) is 16.8 Å². The minimum absolute atomic E-state index is 0.216. The van der Waals surface area contributed by atoms with Crippen LogP contribution >= 0.6 is 0 Å². The number of aromatic carboxylic acids is 1. The van der Waals surface area contributed by atoms with E-state index in [9.17, 15) is 4.79 Å². The first-order chi connectivity index (χ1) is 8.49. The van der Waals surface area contributed by atoms with E-state index in [1.807, 2.05) is 10.7 Å². The highest BCUT2D eigenvalue weighted by Crippen LogP contribution is 2.52. The lowest BCUT2D eigenvalue weighted by molar-refractivity contribution is 0.0699. The van der Waals surface area contributed by atoms with Gasteiger partial charge in [0.15, 0.2) is 0 Å². The molecule has 1 aromatic heterocycles. The molecule has 0 bridgehead atoms. The van der Waals surface area contributed by atoms with Crippen LogP contribution in [0.25, 0.3) is 11.0 Å². The minimum atomic E-state index is -0.959. The monoisotopic (exact) mass is 245 g/mol. The number of benzene rings is 1. The quantitative estimate of drug-likeness (QED) is 0.899. The van der Waals surface area contributed by atoms with Gasteiger partial charge in [0.2, 0.25) is 0 Å². The largest absolute Gasteiger partial charge is 0.478 e. The highest BCUT2D eigenvalue weighted by atomic mass is 16.4. The van der Waals surface area contributed by atoms with Crippen LogP contribution in [-0.4, -0.2) is 26.1 Å². The number of hydrogen-bond acceptors (Lipinski definition) is 3. The Bertz CT molecular complexity index is 630. The summed E-state index contributed by atoms with van der Waals surface area (Å²) in [5, 5.41) is 17.2. The fourth-order valence-corrected chi connectivity index (χ4v) is 2.40. The number of carboxylic acid groups (broad SMARTS) is 1. The lowest BCUT2D eigenvalue weighted by atomic mass is 10.1. The molecule has 1 saturated carbocycles. The van der Waals surface area contributed by atoms with Crippen LogP contribution < -0.4 is 0 Å². The summed E-state index contributed by atoms with van der Waals surface area (Å²) in [5.41, 5.74) is 1.87. The van der Waals surface area contributed by atoms with Gasteiger partial charge in [-0.3, -0.25) is 0 Å². The van der Waals surface area contributed by atoms with Crippen molar-refractivity contribution in [1.82, 2.24) is 15.0 Å². The summed E-state index contributed by atoms with van der Waals surface area (Å²) in [6.45, 7) is 5.28. The molecule has 0 aliphatic heterocycles. The van der Waals surface area contributed by atoms with Gasteiger partial charge in [-0.25, -0.2) is 9.48 Å². The van der Waals surface area contributed by atoms with Crippen LogP contribution in [0.15, 0.2) is 18.2 Å². The molecule has 1 aliphatic carbocycles. The summed E-state index contributed by atoms with van der Waals surface area (Å²) in [6.07, 6.45) is 1.19. The number of carboxylic acids is 1. The van der Waals surface area contributed by atoms with Crippen LogP contribution in [0.4, 0.5) is 0 Å². The third-order valence-electron chi connectivity index (χ3n) is 3.89. The number of hydrogen-bond donors (Lipinski definition) is 1. The second kappa shape index (κ2) is 3.54. The van der Waals surface area contributed by atoms with Gasteiger partial charge < -0.3 is 5.11 Å². The van der Waals surface area contributed by atoms with Crippen molar-refractivity contribution < 1.29 is 9.90 Å². The maximum absolute atomic E-state index is 11.1. The Labute approximate surface area is 104 Å². The Hall–Kier alpha value is -1.91. The first kappa shape index (κ1) is 11.2. The van der Waals surface area contributed by atoms with Crippen molar-refractivity contribution in [3.05, 3.63) is 23.8 Å². The molecule has 1 N–H and O–H groups in total. The van der Waals surface area contributed by atoms with Crippen LogP contribution in [0.2, 0.25) is 0 Å². The number of rotatable bonds is 3. The minimum Gasteiger partial charge on any atom is -0.478 e.